The SMILES string of the molecule is Cn1ccc(N2CC3(C2)C(=O)N(C[C@H]2CC[C@H](NC(=O)c4cc(Cl)cnc4C(F)F)CC2)c2ccc(F)cc23)n1. The molecule has 1 saturated heterocycles. The Morgan fingerprint density at radius 3 is 2.60 bits per heavy atom. The highest BCUT2D eigenvalue weighted by Crippen LogP contribution is 2.49. The largest absolute Gasteiger partial charge is 0.352 e. The van der Waals surface area contributed by atoms with E-state index < -0.39 is 23.4 Å². The number of nitrogens with one attached hydrogen (secondary N) is 1. The molecule has 0 radical (unpaired) electrons. The highest BCUT2D eigenvalue weighted by Gasteiger charge is 2.58. The van der Waals surface area contributed by atoms with Crippen molar-refractivity contribution in [3.05, 3.63) is 70.4 Å². The third-order valence-corrected chi connectivity index (χ3v) is 8.53. The summed E-state index contributed by atoms with van der Waals surface area (Å²) in [5, 5.41) is 7.39. The summed E-state index contributed by atoms with van der Waals surface area (Å²) in [6.45, 7) is 1.37. The van der Waals surface area contributed by atoms with E-state index in [0.717, 1.165) is 36.1 Å². The summed E-state index contributed by atoms with van der Waals surface area (Å²) >= 11 is 5.89. The molecule has 2 amide bonds. The molecule has 1 spiro atoms. The second-order valence-corrected chi connectivity index (χ2v) is 11.4. The van der Waals surface area contributed by atoms with E-state index in [1.165, 1.54) is 18.2 Å². The molecule has 1 N–H and O–H groups in total. The second-order valence-electron chi connectivity index (χ2n) is 10.9. The van der Waals surface area contributed by atoms with Crippen LogP contribution in [0.4, 0.5) is 24.7 Å². The first-order valence-electron chi connectivity index (χ1n) is 13.3. The smallest absolute Gasteiger partial charge is 0.281 e. The number of hydrogen-bond acceptors (Lipinski definition) is 5. The fourth-order valence-electron chi connectivity index (χ4n) is 6.25. The average molecular weight is 573 g/mol. The first kappa shape index (κ1) is 26.6. The standard InChI is InChI=1S/C28H28ClF3N6O2/c1-36-9-8-23(35-36)37-14-28(15-37)21-11-18(30)4-7-22(21)38(27(28)40)13-16-2-5-19(6-3-16)34-26(39)20-10-17(29)12-33-24(20)25(31)32/h4,7-12,16,19,25H,2-3,5-6,13-15H2,1H3,(H,34,39)/t16-,19-. The first-order valence-corrected chi connectivity index (χ1v) is 13.6. The Morgan fingerprint density at radius 1 is 1.18 bits per heavy atom. The zero-order valence-electron chi connectivity index (χ0n) is 21.8. The van der Waals surface area contributed by atoms with Crippen LogP contribution < -0.4 is 15.1 Å². The van der Waals surface area contributed by atoms with Gasteiger partial charge in [0.1, 0.15) is 16.9 Å². The summed E-state index contributed by atoms with van der Waals surface area (Å²) < 4.78 is 42.7. The minimum Gasteiger partial charge on any atom is -0.352 e. The van der Waals surface area contributed by atoms with E-state index in [4.69, 9.17) is 11.6 Å². The minimum absolute atomic E-state index is 0.0244. The molecular weight excluding hydrogens is 545 g/mol. The molecule has 4 heterocycles. The Morgan fingerprint density at radius 2 is 1.93 bits per heavy atom. The summed E-state index contributed by atoms with van der Waals surface area (Å²) in [4.78, 5) is 34.0. The van der Waals surface area contributed by atoms with Gasteiger partial charge in [-0.1, -0.05) is 11.6 Å². The van der Waals surface area contributed by atoms with Gasteiger partial charge in [-0.15, -0.1) is 0 Å². The first-order chi connectivity index (χ1) is 19.1. The van der Waals surface area contributed by atoms with Gasteiger partial charge in [0.15, 0.2) is 5.82 Å². The molecular formula is C28H28ClF3N6O2. The quantitative estimate of drug-likeness (QED) is 0.465. The van der Waals surface area contributed by atoms with Crippen LogP contribution in [0.25, 0.3) is 0 Å². The van der Waals surface area contributed by atoms with E-state index >= 15 is 0 Å². The summed E-state index contributed by atoms with van der Waals surface area (Å²) in [5.74, 6) is -0.0498. The number of carbonyl (C=O) groups is 2. The van der Waals surface area contributed by atoms with Crippen LogP contribution >= 0.6 is 11.6 Å². The molecule has 1 aliphatic carbocycles. The number of fused-ring (bicyclic) bond motifs is 2. The molecule has 0 unspecified atom stereocenters. The topological polar surface area (TPSA) is 83.4 Å². The molecule has 3 aromatic rings. The Kier molecular flexibility index (Phi) is 6.72. The summed E-state index contributed by atoms with van der Waals surface area (Å²) in [6.07, 6.45) is 2.83. The summed E-state index contributed by atoms with van der Waals surface area (Å²) in [7, 11) is 1.83. The van der Waals surface area contributed by atoms with Gasteiger partial charge in [-0.05, 0) is 61.4 Å². The Bertz CT molecular complexity index is 1470. The van der Waals surface area contributed by atoms with Crippen LogP contribution in [0.5, 0.6) is 0 Å². The van der Waals surface area contributed by atoms with E-state index in [2.05, 4.69) is 15.4 Å². The van der Waals surface area contributed by atoms with Gasteiger partial charge in [0.25, 0.3) is 12.3 Å². The van der Waals surface area contributed by atoms with Crippen LogP contribution in [0.15, 0.2) is 42.7 Å². The lowest BCUT2D eigenvalue weighted by Gasteiger charge is -2.47. The number of carbonyl (C=O) groups excluding carboxylic acids is 2. The maximum Gasteiger partial charge on any atom is 0.281 e. The number of pyridine rings is 1. The zero-order chi connectivity index (χ0) is 28.2. The molecule has 3 aliphatic rings. The van der Waals surface area contributed by atoms with Gasteiger partial charge in [-0.2, -0.15) is 5.10 Å². The molecule has 0 atom stereocenters. The number of aryl methyl sites for hydroxylation is 1. The number of rotatable bonds is 6. The zero-order valence-corrected chi connectivity index (χ0v) is 22.5. The molecule has 1 saturated carbocycles. The van der Waals surface area contributed by atoms with Gasteiger partial charge >= 0.3 is 0 Å². The van der Waals surface area contributed by atoms with Crippen molar-refractivity contribution in [2.75, 3.05) is 29.4 Å². The fraction of sp³-hybridized carbons (Fsp3) is 0.429. The van der Waals surface area contributed by atoms with Crippen molar-refractivity contribution in [3.63, 3.8) is 0 Å². The molecule has 12 heteroatoms. The molecule has 2 aromatic heterocycles. The molecule has 0 bridgehead atoms. The lowest BCUT2D eigenvalue weighted by atomic mass is 9.74. The van der Waals surface area contributed by atoms with Crippen molar-refractivity contribution in [1.82, 2.24) is 20.1 Å². The Hall–Kier alpha value is -3.60. The highest BCUT2D eigenvalue weighted by molar-refractivity contribution is 6.30. The highest BCUT2D eigenvalue weighted by atomic mass is 35.5. The van der Waals surface area contributed by atoms with Crippen LogP contribution in [0.2, 0.25) is 5.02 Å². The molecule has 1 aromatic carbocycles. The monoisotopic (exact) mass is 572 g/mol. The summed E-state index contributed by atoms with van der Waals surface area (Å²) in [6, 6.07) is 7.47. The van der Waals surface area contributed by atoms with Crippen LogP contribution in [0.3, 0.4) is 0 Å². The van der Waals surface area contributed by atoms with Crippen LogP contribution in [-0.2, 0) is 17.3 Å². The average Bonchev–Trinajstić information content (AvgIpc) is 3.42. The Labute approximate surface area is 234 Å². The van der Waals surface area contributed by atoms with Crippen LogP contribution in [-0.4, -0.2) is 52.3 Å². The van der Waals surface area contributed by atoms with Crippen molar-refractivity contribution in [2.45, 2.75) is 43.6 Å². The van der Waals surface area contributed by atoms with Gasteiger partial charge in [-0.3, -0.25) is 19.3 Å². The van der Waals surface area contributed by atoms with Crippen molar-refractivity contribution >= 4 is 34.9 Å². The van der Waals surface area contributed by atoms with Crippen molar-refractivity contribution < 1.29 is 22.8 Å². The molecule has 8 nitrogen and oxygen atoms in total. The molecule has 2 aliphatic heterocycles. The minimum atomic E-state index is -2.89. The van der Waals surface area contributed by atoms with Crippen molar-refractivity contribution in [3.8, 4) is 0 Å². The second kappa shape index (κ2) is 10.1. The third kappa shape index (κ3) is 4.59. The third-order valence-electron chi connectivity index (χ3n) is 8.32. The number of amides is 2. The van der Waals surface area contributed by atoms with E-state index in [0.29, 0.717) is 32.5 Å². The van der Waals surface area contributed by atoms with Crippen LogP contribution in [0, 0.1) is 11.7 Å². The molecule has 6 rings (SSSR count). The van der Waals surface area contributed by atoms with E-state index in [9.17, 15) is 22.8 Å². The predicted molar refractivity (Wildman–Crippen MR) is 143 cm³/mol. The lowest BCUT2D eigenvalue weighted by molar-refractivity contribution is -0.124. The van der Waals surface area contributed by atoms with E-state index in [1.807, 2.05) is 24.2 Å². The van der Waals surface area contributed by atoms with Crippen molar-refractivity contribution in [1.29, 1.82) is 0 Å². The van der Waals surface area contributed by atoms with E-state index in [1.54, 1.807) is 15.6 Å². The van der Waals surface area contributed by atoms with Gasteiger partial charge in [0.05, 0.1) is 10.6 Å². The number of halogens is 4. The number of nitrogens with zero attached hydrogens (tertiary/aromatic N) is 5. The number of anilines is 2. The Balaban J connectivity index is 1.11. The maximum absolute atomic E-state index is 14.3. The number of benzene rings is 1. The van der Waals surface area contributed by atoms with E-state index in [-0.39, 0.29) is 34.3 Å². The lowest BCUT2D eigenvalue weighted by Crippen LogP contribution is -2.64. The maximum atomic E-state index is 14.3. The van der Waals surface area contributed by atoms with Crippen LogP contribution in [0.1, 0.15) is 53.7 Å². The molecule has 40 heavy (non-hydrogen) atoms. The predicted octanol–water partition coefficient (Wildman–Crippen LogP) is 4.64. The number of hydrogen-bond donors (Lipinski definition) is 1. The van der Waals surface area contributed by atoms with Gasteiger partial charge < -0.3 is 15.1 Å². The normalized spacial score (nSPS) is 21.6. The fourth-order valence-corrected chi connectivity index (χ4v) is 6.41. The van der Waals surface area contributed by atoms with Gasteiger partial charge in [0, 0.05) is 56.9 Å². The molecule has 210 valence electrons. The molecule has 2 fully saturated rings. The summed E-state index contributed by atoms with van der Waals surface area (Å²) in [5.41, 5.74) is -0.148. The number of alkyl halides is 2. The van der Waals surface area contributed by atoms with Gasteiger partial charge in [0.2, 0.25) is 5.91 Å². The van der Waals surface area contributed by atoms with Gasteiger partial charge in [-0.25, -0.2) is 13.2 Å². The number of aromatic nitrogens is 3. The van der Waals surface area contributed by atoms with Crippen molar-refractivity contribution in [2.24, 2.45) is 13.0 Å².